The van der Waals surface area contributed by atoms with Crippen molar-refractivity contribution in [1.82, 2.24) is 5.32 Å². The van der Waals surface area contributed by atoms with Crippen LogP contribution in [0.2, 0.25) is 0 Å². The number of carbonyl (C=O) groups is 4. The largest absolute Gasteiger partial charge is 0.325 e. The molecular formula is C29H31Br2N3O4. The normalized spacial score (nSPS) is 23.2. The Balaban J connectivity index is 0.000000158. The topological polar surface area (TPSA) is 95.6 Å². The van der Waals surface area contributed by atoms with Gasteiger partial charge in [-0.3, -0.25) is 29.4 Å². The third-order valence-corrected chi connectivity index (χ3v) is 9.79. The van der Waals surface area contributed by atoms with Crippen molar-refractivity contribution >= 4 is 66.9 Å². The molecule has 2 aromatic rings. The van der Waals surface area contributed by atoms with Gasteiger partial charge in [-0.1, -0.05) is 70.7 Å². The Labute approximate surface area is 239 Å². The second-order valence-electron chi connectivity index (χ2n) is 10.3. The van der Waals surface area contributed by atoms with E-state index in [1.54, 1.807) is 4.90 Å². The molecule has 38 heavy (non-hydrogen) atoms. The summed E-state index contributed by atoms with van der Waals surface area (Å²) < 4.78 is 1.99. The molecule has 4 amide bonds. The molecule has 3 heterocycles. The third-order valence-electron chi connectivity index (χ3n) is 8.47. The van der Waals surface area contributed by atoms with Crippen molar-refractivity contribution < 1.29 is 19.2 Å². The van der Waals surface area contributed by atoms with Gasteiger partial charge in [-0.25, -0.2) is 0 Å². The molecule has 9 heteroatoms. The molecule has 2 spiro atoms. The van der Waals surface area contributed by atoms with Gasteiger partial charge in [-0.2, -0.15) is 0 Å². The number of imide groups is 1. The Bertz CT molecular complexity index is 1330. The van der Waals surface area contributed by atoms with E-state index in [0.29, 0.717) is 6.42 Å². The molecule has 0 radical (unpaired) electrons. The zero-order chi connectivity index (χ0) is 27.2. The maximum atomic E-state index is 13.1. The van der Waals surface area contributed by atoms with Gasteiger partial charge in [0.25, 0.3) is 0 Å². The van der Waals surface area contributed by atoms with E-state index in [4.69, 9.17) is 0 Å². The average molecular weight is 645 g/mol. The molecule has 1 saturated heterocycles. The first-order valence-corrected chi connectivity index (χ1v) is 14.9. The first-order valence-electron chi connectivity index (χ1n) is 13.4. The van der Waals surface area contributed by atoms with E-state index in [-0.39, 0.29) is 35.5 Å². The second kappa shape index (κ2) is 10.2. The minimum atomic E-state index is -0.585. The highest BCUT2D eigenvalue weighted by molar-refractivity contribution is 9.10. The lowest BCUT2D eigenvalue weighted by molar-refractivity contribution is -0.136. The smallest absolute Gasteiger partial charge is 0.249 e. The van der Waals surface area contributed by atoms with Crippen molar-refractivity contribution in [2.45, 2.75) is 82.1 Å². The summed E-state index contributed by atoms with van der Waals surface area (Å²) in [6, 6.07) is 11.1. The number of amides is 4. The highest BCUT2D eigenvalue weighted by atomic mass is 79.9. The Morgan fingerprint density at radius 2 is 1.42 bits per heavy atom. The van der Waals surface area contributed by atoms with Crippen molar-refractivity contribution in [3.05, 3.63) is 56.5 Å². The van der Waals surface area contributed by atoms with Crippen molar-refractivity contribution in [1.29, 1.82) is 0 Å². The van der Waals surface area contributed by atoms with E-state index in [9.17, 15) is 19.2 Å². The Kier molecular flexibility index (Phi) is 7.28. The van der Waals surface area contributed by atoms with Gasteiger partial charge in [0, 0.05) is 37.9 Å². The van der Waals surface area contributed by atoms with E-state index < -0.39 is 11.5 Å². The van der Waals surface area contributed by atoms with Crippen LogP contribution >= 0.6 is 31.9 Å². The highest BCUT2D eigenvalue weighted by Gasteiger charge is 2.57. The Morgan fingerprint density at radius 3 is 2.00 bits per heavy atom. The van der Waals surface area contributed by atoms with E-state index in [2.05, 4.69) is 42.5 Å². The Morgan fingerprint density at radius 1 is 0.816 bits per heavy atom. The van der Waals surface area contributed by atoms with Crippen LogP contribution in [-0.2, 0) is 30.0 Å². The Hall–Kier alpha value is -2.52. The summed E-state index contributed by atoms with van der Waals surface area (Å²) in [6.45, 7) is 4.00. The molecular weight excluding hydrogens is 614 g/mol. The van der Waals surface area contributed by atoms with E-state index >= 15 is 0 Å². The average Bonchev–Trinajstić information content (AvgIpc) is 3.31. The van der Waals surface area contributed by atoms with E-state index in [1.807, 2.05) is 50.2 Å². The second-order valence-corrected chi connectivity index (χ2v) is 12.0. The monoisotopic (exact) mass is 643 g/mol. The van der Waals surface area contributed by atoms with Crippen molar-refractivity contribution in [3.63, 3.8) is 0 Å². The van der Waals surface area contributed by atoms with Gasteiger partial charge in [-0.05, 0) is 56.4 Å². The molecule has 2 saturated carbocycles. The summed E-state index contributed by atoms with van der Waals surface area (Å²) in [4.78, 5) is 50.1. The standard InChI is InChI=1S/C16H15BrN2O3.C11H10BrNO.C2H6/c17-9-3-1-4-10-13(9)16(7-2-8-16)15(22)19(10)11-5-6-12(20)18-14(11)21;12-7-3-1-4-8-9(7)11(5-2-6-11)10(14)13-8;1-2/h1,3-4,11H,2,5-8H2,(H,18,20,21);1,3-4H,2,5-6H2,(H,13,14);1-2H3. The van der Waals surface area contributed by atoms with Gasteiger partial charge >= 0.3 is 0 Å². The lowest BCUT2D eigenvalue weighted by Gasteiger charge is -2.38. The molecule has 0 bridgehead atoms. The molecule has 2 aliphatic carbocycles. The van der Waals surface area contributed by atoms with Crippen molar-refractivity contribution in [2.24, 2.45) is 0 Å². The van der Waals surface area contributed by atoms with Gasteiger partial charge in [0.05, 0.1) is 10.8 Å². The van der Waals surface area contributed by atoms with Gasteiger partial charge in [-0.15, -0.1) is 0 Å². The number of hydrogen-bond acceptors (Lipinski definition) is 4. The minimum absolute atomic E-state index is 0.00940. The van der Waals surface area contributed by atoms with Crippen LogP contribution in [0, 0.1) is 0 Å². The number of halogens is 2. The number of rotatable bonds is 1. The van der Waals surface area contributed by atoms with Crippen molar-refractivity contribution in [2.75, 3.05) is 10.2 Å². The summed E-state index contributed by atoms with van der Waals surface area (Å²) in [5, 5.41) is 5.31. The van der Waals surface area contributed by atoms with Crippen LogP contribution in [0.15, 0.2) is 45.3 Å². The summed E-state index contributed by atoms with van der Waals surface area (Å²) >= 11 is 7.10. The van der Waals surface area contributed by atoms with Gasteiger partial charge < -0.3 is 5.32 Å². The van der Waals surface area contributed by atoms with Crippen LogP contribution in [0.25, 0.3) is 0 Å². The fourth-order valence-corrected chi connectivity index (χ4v) is 7.82. The lowest BCUT2D eigenvalue weighted by atomic mass is 9.65. The van der Waals surface area contributed by atoms with E-state index in [1.165, 1.54) is 5.56 Å². The zero-order valence-corrected chi connectivity index (χ0v) is 24.7. The SMILES string of the molecule is CC.O=C1CCC(N2C(=O)C3(CCC3)c3c(Br)cccc32)C(=O)N1.O=C1Nc2cccc(Br)c2C12CCC2. The molecule has 1 unspecified atom stereocenters. The maximum absolute atomic E-state index is 13.1. The number of nitrogens with zero attached hydrogens (tertiary/aromatic N) is 1. The van der Waals surface area contributed by atoms with Crippen LogP contribution in [0.4, 0.5) is 11.4 Å². The highest BCUT2D eigenvalue weighted by Crippen LogP contribution is 2.56. The minimum Gasteiger partial charge on any atom is -0.325 e. The first-order chi connectivity index (χ1) is 18.3. The molecule has 200 valence electrons. The summed E-state index contributed by atoms with van der Waals surface area (Å²) in [5.41, 5.74) is 3.32. The van der Waals surface area contributed by atoms with Crippen LogP contribution < -0.4 is 15.5 Å². The lowest BCUT2D eigenvalue weighted by Crippen LogP contribution is -2.56. The summed E-state index contributed by atoms with van der Waals surface area (Å²) in [5.74, 6) is -0.437. The molecule has 3 fully saturated rings. The predicted molar refractivity (Wildman–Crippen MR) is 153 cm³/mol. The van der Waals surface area contributed by atoms with Crippen LogP contribution in [0.5, 0.6) is 0 Å². The molecule has 1 atom stereocenters. The fourth-order valence-electron chi connectivity index (χ4n) is 6.34. The van der Waals surface area contributed by atoms with Crippen molar-refractivity contribution in [3.8, 4) is 0 Å². The fraction of sp³-hybridized carbons (Fsp3) is 0.448. The third kappa shape index (κ3) is 3.96. The number of fused-ring (bicyclic) bond motifs is 4. The quantitative estimate of drug-likeness (QED) is 0.380. The number of hydrogen-bond donors (Lipinski definition) is 2. The van der Waals surface area contributed by atoms with Crippen LogP contribution in [0.3, 0.4) is 0 Å². The molecule has 5 aliphatic rings. The molecule has 7 rings (SSSR count). The predicted octanol–water partition coefficient (Wildman–Crippen LogP) is 5.87. The van der Waals surface area contributed by atoms with E-state index in [0.717, 1.165) is 64.4 Å². The molecule has 0 aromatic heterocycles. The molecule has 3 aliphatic heterocycles. The van der Waals surface area contributed by atoms with Gasteiger partial charge in [0.15, 0.2) is 0 Å². The van der Waals surface area contributed by atoms with Crippen LogP contribution in [-0.4, -0.2) is 29.7 Å². The number of benzene rings is 2. The number of piperidine rings is 1. The maximum Gasteiger partial charge on any atom is 0.249 e. The van der Waals surface area contributed by atoms with Gasteiger partial charge in [0.2, 0.25) is 23.6 Å². The van der Waals surface area contributed by atoms with Gasteiger partial charge in [0.1, 0.15) is 6.04 Å². The summed E-state index contributed by atoms with van der Waals surface area (Å²) in [7, 11) is 0. The van der Waals surface area contributed by atoms with Crippen LogP contribution in [0.1, 0.15) is 76.3 Å². The first kappa shape index (κ1) is 27.1. The number of anilines is 2. The molecule has 2 N–H and O–H groups in total. The number of nitrogens with one attached hydrogen (secondary N) is 2. The zero-order valence-electron chi connectivity index (χ0n) is 21.5. The molecule has 2 aromatic carbocycles. The molecule has 7 nitrogen and oxygen atoms in total. The summed E-state index contributed by atoms with van der Waals surface area (Å²) in [6.07, 6.45) is 6.48. The number of carbonyl (C=O) groups excluding carboxylic acids is 4.